The molecule has 4 heterocycles. The molecular weight excluding hydrogens is 406 g/mol. The second kappa shape index (κ2) is 7.81. The highest BCUT2D eigenvalue weighted by Crippen LogP contribution is 2.25. The van der Waals surface area contributed by atoms with Gasteiger partial charge in [-0.1, -0.05) is 12.1 Å². The maximum atomic E-state index is 13.4. The van der Waals surface area contributed by atoms with Gasteiger partial charge in [0.15, 0.2) is 0 Å². The summed E-state index contributed by atoms with van der Waals surface area (Å²) in [6.45, 7) is 3.80. The molecule has 0 saturated carbocycles. The number of nitrogens with zero attached hydrogens (tertiary/aromatic N) is 5. The zero-order chi connectivity index (χ0) is 22.2. The fourth-order valence-corrected chi connectivity index (χ4v) is 4.04. The fourth-order valence-electron chi connectivity index (χ4n) is 4.04. The highest BCUT2D eigenvalue weighted by molar-refractivity contribution is 5.83. The minimum Gasteiger partial charge on any atom is -0.465 e. The maximum absolute atomic E-state index is 13.4. The minimum absolute atomic E-state index is 0.144. The Kier molecular flexibility index (Phi) is 4.82. The fraction of sp³-hybridized carbons (Fsp3) is 0.167. The van der Waals surface area contributed by atoms with Crippen molar-refractivity contribution >= 4 is 22.5 Å². The molecule has 4 aromatic heterocycles. The molecule has 0 aliphatic heterocycles. The first-order valence-electron chi connectivity index (χ1n) is 10.3. The van der Waals surface area contributed by atoms with Crippen LogP contribution < -0.4 is 5.69 Å². The topological polar surface area (TPSA) is 83.4 Å². The van der Waals surface area contributed by atoms with Gasteiger partial charge in [0.25, 0.3) is 0 Å². The Morgan fingerprint density at radius 1 is 1.06 bits per heavy atom. The molecule has 0 fully saturated rings. The number of carbonyl (C=O) groups is 1. The summed E-state index contributed by atoms with van der Waals surface area (Å²) in [6.07, 6.45) is 7.15. The number of esters is 1. The summed E-state index contributed by atoms with van der Waals surface area (Å²) in [5, 5.41) is 0. The number of rotatable bonds is 5. The summed E-state index contributed by atoms with van der Waals surface area (Å²) < 4.78 is 10.0. The van der Waals surface area contributed by atoms with Crippen molar-refractivity contribution in [2.45, 2.75) is 20.4 Å². The molecule has 5 rings (SSSR count). The average Bonchev–Trinajstić information content (AvgIpc) is 3.38. The predicted octanol–water partition coefficient (Wildman–Crippen LogP) is 3.37. The molecule has 0 atom stereocenters. The van der Waals surface area contributed by atoms with Gasteiger partial charge in [0.2, 0.25) is 0 Å². The van der Waals surface area contributed by atoms with Crippen molar-refractivity contribution in [3.8, 4) is 16.9 Å². The lowest BCUT2D eigenvalue weighted by Crippen LogP contribution is -2.27. The lowest BCUT2D eigenvalue weighted by Gasteiger charge is -2.07. The standard InChI is InChI=1S/C24H21N5O3/c1-3-32-22(30)14-28-20-8-4-6-16(2)23(20)29(24(28)31)17-9-10-19(26-12-17)18-7-5-11-27-15-25-13-21(18)27/h4-13,15H,3,14H2,1-2H3. The van der Waals surface area contributed by atoms with Crippen LogP contribution in [-0.4, -0.2) is 36.1 Å². The first-order valence-corrected chi connectivity index (χ1v) is 10.3. The van der Waals surface area contributed by atoms with E-state index >= 15 is 0 Å². The molecule has 8 nitrogen and oxygen atoms in total. The monoisotopic (exact) mass is 427 g/mol. The van der Waals surface area contributed by atoms with Crippen molar-refractivity contribution in [1.29, 1.82) is 0 Å². The van der Waals surface area contributed by atoms with Gasteiger partial charge in [0.1, 0.15) is 6.54 Å². The van der Waals surface area contributed by atoms with E-state index in [1.54, 1.807) is 30.2 Å². The van der Waals surface area contributed by atoms with Gasteiger partial charge in [-0.3, -0.25) is 18.9 Å². The minimum atomic E-state index is -0.447. The van der Waals surface area contributed by atoms with Crippen LogP contribution in [0, 0.1) is 6.92 Å². The molecule has 0 aliphatic rings. The van der Waals surface area contributed by atoms with Crippen molar-refractivity contribution in [1.82, 2.24) is 23.5 Å². The molecule has 0 bridgehead atoms. The molecule has 0 radical (unpaired) electrons. The zero-order valence-corrected chi connectivity index (χ0v) is 17.7. The third-order valence-corrected chi connectivity index (χ3v) is 5.48. The Hall–Kier alpha value is -4.20. The van der Waals surface area contributed by atoms with Crippen LogP contribution in [0.15, 0.2) is 72.2 Å². The maximum Gasteiger partial charge on any atom is 0.334 e. The highest BCUT2D eigenvalue weighted by Gasteiger charge is 2.19. The van der Waals surface area contributed by atoms with E-state index in [0.717, 1.165) is 27.9 Å². The van der Waals surface area contributed by atoms with Gasteiger partial charge in [-0.15, -0.1) is 0 Å². The van der Waals surface area contributed by atoms with Gasteiger partial charge in [-0.05, 0) is 49.7 Å². The van der Waals surface area contributed by atoms with Gasteiger partial charge in [0.05, 0.1) is 53.3 Å². The van der Waals surface area contributed by atoms with E-state index in [0.29, 0.717) is 11.2 Å². The van der Waals surface area contributed by atoms with E-state index in [1.165, 1.54) is 4.57 Å². The molecule has 0 aliphatic carbocycles. The number of hydrogen-bond acceptors (Lipinski definition) is 5. The second-order valence-electron chi connectivity index (χ2n) is 7.46. The van der Waals surface area contributed by atoms with Crippen LogP contribution in [0.5, 0.6) is 0 Å². The molecule has 160 valence electrons. The van der Waals surface area contributed by atoms with Crippen LogP contribution in [0.2, 0.25) is 0 Å². The molecule has 8 heteroatoms. The number of aryl methyl sites for hydroxylation is 1. The van der Waals surface area contributed by atoms with Gasteiger partial charge in [0, 0.05) is 11.8 Å². The summed E-state index contributed by atoms with van der Waals surface area (Å²) in [5.41, 5.74) is 5.34. The van der Waals surface area contributed by atoms with Crippen molar-refractivity contribution in [2.24, 2.45) is 0 Å². The Bertz CT molecular complexity index is 1510. The Morgan fingerprint density at radius 2 is 1.94 bits per heavy atom. The van der Waals surface area contributed by atoms with E-state index in [2.05, 4.69) is 9.97 Å². The Labute approximate surface area is 183 Å². The van der Waals surface area contributed by atoms with Crippen molar-refractivity contribution in [3.63, 3.8) is 0 Å². The second-order valence-corrected chi connectivity index (χ2v) is 7.46. The average molecular weight is 427 g/mol. The van der Waals surface area contributed by atoms with Crippen LogP contribution in [-0.2, 0) is 16.1 Å². The van der Waals surface area contributed by atoms with Crippen LogP contribution in [0.1, 0.15) is 12.5 Å². The van der Waals surface area contributed by atoms with Crippen LogP contribution in [0.3, 0.4) is 0 Å². The molecule has 0 unspecified atom stereocenters. The lowest BCUT2D eigenvalue weighted by molar-refractivity contribution is -0.143. The number of pyridine rings is 2. The quantitative estimate of drug-likeness (QED) is 0.402. The molecular formula is C24H21N5O3. The number of carbonyl (C=O) groups excluding carboxylic acids is 1. The number of imidazole rings is 2. The van der Waals surface area contributed by atoms with Crippen LogP contribution in [0.4, 0.5) is 0 Å². The zero-order valence-electron chi connectivity index (χ0n) is 17.7. The smallest absolute Gasteiger partial charge is 0.334 e. The van der Waals surface area contributed by atoms with E-state index in [1.807, 2.05) is 60.0 Å². The predicted molar refractivity (Wildman–Crippen MR) is 121 cm³/mol. The number of fused-ring (bicyclic) bond motifs is 2. The molecule has 32 heavy (non-hydrogen) atoms. The number of para-hydroxylation sites is 1. The highest BCUT2D eigenvalue weighted by atomic mass is 16.5. The normalized spacial score (nSPS) is 11.3. The summed E-state index contributed by atoms with van der Waals surface area (Å²) in [7, 11) is 0. The first kappa shape index (κ1) is 19.7. The SMILES string of the molecule is CCOC(=O)Cn1c(=O)n(-c2ccc(-c3cccn4cncc34)nc2)c2c(C)cccc21. The van der Waals surface area contributed by atoms with Gasteiger partial charge in [-0.2, -0.15) is 0 Å². The lowest BCUT2D eigenvalue weighted by atomic mass is 10.1. The first-order chi connectivity index (χ1) is 15.6. The molecule has 5 aromatic rings. The van der Waals surface area contributed by atoms with E-state index in [-0.39, 0.29) is 18.8 Å². The molecule has 0 saturated heterocycles. The largest absolute Gasteiger partial charge is 0.465 e. The summed E-state index contributed by atoms with van der Waals surface area (Å²) in [6, 6.07) is 13.3. The third kappa shape index (κ3) is 3.17. The Morgan fingerprint density at radius 3 is 2.72 bits per heavy atom. The summed E-state index contributed by atoms with van der Waals surface area (Å²) >= 11 is 0. The van der Waals surface area contributed by atoms with Gasteiger partial charge >= 0.3 is 11.7 Å². The van der Waals surface area contributed by atoms with Crippen LogP contribution >= 0.6 is 0 Å². The number of aromatic nitrogens is 5. The Balaban J connectivity index is 1.63. The van der Waals surface area contributed by atoms with Crippen molar-refractivity contribution in [2.75, 3.05) is 6.61 Å². The van der Waals surface area contributed by atoms with Gasteiger partial charge < -0.3 is 9.14 Å². The molecule has 0 N–H and O–H groups in total. The van der Waals surface area contributed by atoms with E-state index in [9.17, 15) is 9.59 Å². The molecule has 1 aromatic carbocycles. The molecule has 0 spiro atoms. The molecule has 0 amide bonds. The number of ether oxygens (including phenoxy) is 1. The van der Waals surface area contributed by atoms with Gasteiger partial charge in [-0.25, -0.2) is 9.78 Å². The number of hydrogen-bond donors (Lipinski definition) is 0. The van der Waals surface area contributed by atoms with E-state index in [4.69, 9.17) is 4.74 Å². The third-order valence-electron chi connectivity index (χ3n) is 5.48. The van der Waals surface area contributed by atoms with Crippen LogP contribution in [0.25, 0.3) is 33.5 Å². The van der Waals surface area contributed by atoms with Crippen molar-refractivity contribution < 1.29 is 9.53 Å². The summed E-state index contributed by atoms with van der Waals surface area (Å²) in [5.74, 6) is -0.447. The van der Waals surface area contributed by atoms with E-state index < -0.39 is 5.97 Å². The van der Waals surface area contributed by atoms with Crippen molar-refractivity contribution in [3.05, 3.63) is 83.4 Å². The number of benzene rings is 1. The summed E-state index contributed by atoms with van der Waals surface area (Å²) in [4.78, 5) is 34.3.